The number of hydrogen-bond acceptors (Lipinski definition) is 4. The zero-order chi connectivity index (χ0) is 18.3. The fraction of sp³-hybridized carbons (Fsp3) is 0.350. The second-order valence-corrected chi connectivity index (χ2v) is 8.92. The van der Waals surface area contributed by atoms with Gasteiger partial charge in [-0.1, -0.05) is 18.2 Å². The van der Waals surface area contributed by atoms with Crippen LogP contribution in [0.2, 0.25) is 0 Å². The van der Waals surface area contributed by atoms with Crippen molar-refractivity contribution >= 4 is 21.4 Å². The molecule has 0 radical (unpaired) electrons. The summed E-state index contributed by atoms with van der Waals surface area (Å²) in [6.45, 7) is 0.631. The van der Waals surface area contributed by atoms with Gasteiger partial charge in [-0.3, -0.25) is 4.79 Å². The molecule has 2 aromatic rings. The first-order chi connectivity index (χ1) is 12.4. The summed E-state index contributed by atoms with van der Waals surface area (Å²) < 4.78 is 29.5. The van der Waals surface area contributed by atoms with Crippen LogP contribution in [0.5, 0.6) is 5.75 Å². The van der Waals surface area contributed by atoms with E-state index in [9.17, 15) is 13.2 Å². The van der Waals surface area contributed by atoms with Gasteiger partial charge in [0.05, 0.1) is 4.90 Å². The highest BCUT2D eigenvalue weighted by Crippen LogP contribution is 2.33. The minimum Gasteiger partial charge on any atom is -0.480 e. The maximum Gasteiger partial charge on any atom is 0.268 e. The van der Waals surface area contributed by atoms with Crippen LogP contribution in [-0.4, -0.2) is 33.2 Å². The molecule has 6 heteroatoms. The summed E-state index contributed by atoms with van der Waals surface area (Å²) in [6.07, 6.45) is 3.77. The molecule has 136 valence electrons. The van der Waals surface area contributed by atoms with Crippen LogP contribution in [0.3, 0.4) is 0 Å². The molecule has 26 heavy (non-hydrogen) atoms. The normalized spacial score (nSPS) is 19.3. The van der Waals surface area contributed by atoms with E-state index in [0.717, 1.165) is 41.8 Å². The number of para-hydroxylation sites is 1. The molecule has 2 aliphatic rings. The molecule has 0 saturated heterocycles. The van der Waals surface area contributed by atoms with Crippen LogP contribution in [0.4, 0.5) is 5.69 Å². The standard InChI is InChI=1S/C20H21NO4S/c1-26(23,24)16-9-10-17-15(13-16)6-4-12-21(17)20(22)19-11-8-14-5-2-3-7-18(14)25-19/h2-3,5,7,9-10,13,19H,4,6,8,11-12H2,1H3. The maximum absolute atomic E-state index is 13.1. The lowest BCUT2D eigenvalue weighted by Gasteiger charge is -2.34. The van der Waals surface area contributed by atoms with Crippen molar-refractivity contribution < 1.29 is 17.9 Å². The van der Waals surface area contributed by atoms with E-state index in [-0.39, 0.29) is 5.91 Å². The Bertz CT molecular complexity index is 968. The van der Waals surface area contributed by atoms with Crippen molar-refractivity contribution in [1.29, 1.82) is 0 Å². The zero-order valence-corrected chi connectivity index (χ0v) is 15.5. The summed E-state index contributed by atoms with van der Waals surface area (Å²) in [5.41, 5.74) is 2.84. The average molecular weight is 371 g/mol. The largest absolute Gasteiger partial charge is 0.480 e. The molecule has 0 fully saturated rings. The number of aryl methyl sites for hydroxylation is 2. The molecule has 2 aromatic carbocycles. The molecule has 1 atom stereocenters. The Kier molecular flexibility index (Phi) is 4.23. The third kappa shape index (κ3) is 3.09. The van der Waals surface area contributed by atoms with E-state index in [0.29, 0.717) is 17.9 Å². The van der Waals surface area contributed by atoms with Crippen LogP contribution in [0.1, 0.15) is 24.0 Å². The van der Waals surface area contributed by atoms with E-state index in [4.69, 9.17) is 4.74 Å². The predicted octanol–water partition coefficient (Wildman–Crippen LogP) is 2.76. The number of sulfone groups is 1. The first kappa shape index (κ1) is 17.1. The lowest BCUT2D eigenvalue weighted by molar-refractivity contribution is -0.126. The topological polar surface area (TPSA) is 63.7 Å². The third-order valence-electron chi connectivity index (χ3n) is 5.06. The van der Waals surface area contributed by atoms with E-state index < -0.39 is 15.9 Å². The van der Waals surface area contributed by atoms with Gasteiger partial charge in [0.15, 0.2) is 15.9 Å². The van der Waals surface area contributed by atoms with Crippen LogP contribution < -0.4 is 9.64 Å². The van der Waals surface area contributed by atoms with Crippen LogP contribution in [0.15, 0.2) is 47.4 Å². The van der Waals surface area contributed by atoms with Crippen LogP contribution in [0.25, 0.3) is 0 Å². The molecule has 5 nitrogen and oxygen atoms in total. The Balaban J connectivity index is 1.61. The van der Waals surface area contributed by atoms with Crippen molar-refractivity contribution in [3.63, 3.8) is 0 Å². The predicted molar refractivity (Wildman–Crippen MR) is 99.4 cm³/mol. The zero-order valence-electron chi connectivity index (χ0n) is 14.6. The van der Waals surface area contributed by atoms with E-state index in [1.165, 1.54) is 6.26 Å². The quantitative estimate of drug-likeness (QED) is 0.814. The molecule has 2 heterocycles. The summed E-state index contributed by atoms with van der Waals surface area (Å²) >= 11 is 0. The maximum atomic E-state index is 13.1. The molecule has 1 amide bonds. The van der Waals surface area contributed by atoms with Gasteiger partial charge in [-0.25, -0.2) is 8.42 Å². The Morgan fingerprint density at radius 1 is 1.12 bits per heavy atom. The second-order valence-electron chi connectivity index (χ2n) is 6.91. The van der Waals surface area contributed by atoms with Crippen LogP contribution >= 0.6 is 0 Å². The number of amides is 1. The molecule has 0 saturated carbocycles. The highest BCUT2D eigenvalue weighted by atomic mass is 32.2. The SMILES string of the molecule is CS(=O)(=O)c1ccc2c(c1)CCCN2C(=O)C1CCc2ccccc2O1. The summed E-state index contributed by atoms with van der Waals surface area (Å²) in [7, 11) is -3.26. The first-order valence-electron chi connectivity index (χ1n) is 8.82. The summed E-state index contributed by atoms with van der Waals surface area (Å²) in [5, 5.41) is 0. The van der Waals surface area contributed by atoms with Gasteiger partial charge in [-0.15, -0.1) is 0 Å². The molecular weight excluding hydrogens is 350 g/mol. The molecule has 4 rings (SSSR count). The van der Waals surface area contributed by atoms with E-state index in [1.54, 1.807) is 23.1 Å². The Labute approximate surface area is 153 Å². The van der Waals surface area contributed by atoms with E-state index in [1.807, 2.05) is 24.3 Å². The van der Waals surface area contributed by atoms with Gasteiger partial charge in [0.25, 0.3) is 5.91 Å². The first-order valence-corrected chi connectivity index (χ1v) is 10.7. The Morgan fingerprint density at radius 3 is 2.73 bits per heavy atom. The summed E-state index contributed by atoms with van der Waals surface area (Å²) in [4.78, 5) is 15.1. The van der Waals surface area contributed by atoms with Gasteiger partial charge < -0.3 is 9.64 Å². The van der Waals surface area contributed by atoms with Gasteiger partial charge in [-0.2, -0.15) is 0 Å². The molecule has 0 N–H and O–H groups in total. The lowest BCUT2D eigenvalue weighted by atomic mass is 9.98. The highest BCUT2D eigenvalue weighted by Gasteiger charge is 2.32. The summed E-state index contributed by atoms with van der Waals surface area (Å²) in [6, 6.07) is 12.8. The van der Waals surface area contributed by atoms with Gasteiger partial charge >= 0.3 is 0 Å². The number of anilines is 1. The van der Waals surface area contributed by atoms with Gasteiger partial charge in [-0.05, 0) is 61.1 Å². The highest BCUT2D eigenvalue weighted by molar-refractivity contribution is 7.90. The number of carbonyl (C=O) groups excluding carboxylic acids is 1. The number of rotatable bonds is 2. The fourth-order valence-corrected chi connectivity index (χ4v) is 4.38. The molecule has 0 bridgehead atoms. The number of nitrogens with zero attached hydrogens (tertiary/aromatic N) is 1. The minimum absolute atomic E-state index is 0.0486. The second kappa shape index (κ2) is 6.43. The lowest BCUT2D eigenvalue weighted by Crippen LogP contribution is -2.45. The summed E-state index contributed by atoms with van der Waals surface area (Å²) in [5.74, 6) is 0.731. The monoisotopic (exact) mass is 371 g/mol. The van der Waals surface area contributed by atoms with Crippen molar-refractivity contribution in [2.75, 3.05) is 17.7 Å². The van der Waals surface area contributed by atoms with Crippen molar-refractivity contribution in [3.8, 4) is 5.75 Å². The van der Waals surface area contributed by atoms with Gasteiger partial charge in [0.1, 0.15) is 5.75 Å². The average Bonchev–Trinajstić information content (AvgIpc) is 2.65. The van der Waals surface area contributed by atoms with Crippen molar-refractivity contribution in [1.82, 2.24) is 0 Å². The fourth-order valence-electron chi connectivity index (χ4n) is 3.70. The third-order valence-corrected chi connectivity index (χ3v) is 6.17. The minimum atomic E-state index is -3.26. The van der Waals surface area contributed by atoms with E-state index >= 15 is 0 Å². The van der Waals surface area contributed by atoms with Crippen LogP contribution in [-0.2, 0) is 27.5 Å². The Morgan fingerprint density at radius 2 is 1.92 bits per heavy atom. The number of fused-ring (bicyclic) bond motifs is 2. The van der Waals surface area contributed by atoms with Crippen molar-refractivity contribution in [2.24, 2.45) is 0 Å². The molecule has 0 aromatic heterocycles. The van der Waals surface area contributed by atoms with Crippen molar-refractivity contribution in [3.05, 3.63) is 53.6 Å². The van der Waals surface area contributed by atoms with Crippen molar-refractivity contribution in [2.45, 2.75) is 36.7 Å². The Hall–Kier alpha value is -2.34. The number of benzene rings is 2. The number of carbonyl (C=O) groups is 1. The van der Waals surface area contributed by atoms with Gasteiger partial charge in [0, 0.05) is 18.5 Å². The number of ether oxygens (including phenoxy) is 1. The number of hydrogen-bond donors (Lipinski definition) is 0. The van der Waals surface area contributed by atoms with E-state index in [2.05, 4.69) is 0 Å². The molecular formula is C20H21NO4S. The molecule has 0 spiro atoms. The smallest absolute Gasteiger partial charge is 0.268 e. The molecule has 1 unspecified atom stereocenters. The van der Waals surface area contributed by atoms with Gasteiger partial charge in [0.2, 0.25) is 0 Å². The van der Waals surface area contributed by atoms with Crippen LogP contribution in [0, 0.1) is 0 Å². The molecule has 0 aliphatic carbocycles. The molecule has 2 aliphatic heterocycles.